The van der Waals surface area contributed by atoms with E-state index in [1.54, 1.807) is 37.4 Å². The van der Waals surface area contributed by atoms with Crippen molar-refractivity contribution in [3.8, 4) is 23.0 Å². The Hall–Kier alpha value is -3.39. The number of methoxy groups -OCH3 is 1. The Kier molecular flexibility index (Phi) is 4.10. The first-order chi connectivity index (χ1) is 15.5. The van der Waals surface area contributed by atoms with E-state index < -0.39 is 10.0 Å². The number of aryl methyl sites for hydroxylation is 1. The van der Waals surface area contributed by atoms with E-state index in [0.29, 0.717) is 28.7 Å². The zero-order valence-electron chi connectivity index (χ0n) is 17.6. The zero-order chi connectivity index (χ0) is 22.0. The van der Waals surface area contributed by atoms with Crippen LogP contribution in [-0.4, -0.2) is 28.9 Å². The predicted octanol–water partition coefficient (Wildman–Crippen LogP) is 4.16. The van der Waals surface area contributed by atoms with Crippen LogP contribution in [0.2, 0.25) is 0 Å². The van der Waals surface area contributed by atoms with Crippen molar-refractivity contribution >= 4 is 15.7 Å². The average Bonchev–Trinajstić information content (AvgIpc) is 3.40. The molecule has 3 aromatic rings. The molecule has 3 heterocycles. The minimum absolute atomic E-state index is 0.170. The Labute approximate surface area is 186 Å². The number of sulfonamides is 1. The number of ether oxygens (including phenoxy) is 4. The standard InChI is InChI=1S/C24H21NO6S/c1-14-3-6-16(7-4-14)32(26,27)25-12-19-18-10-22-23(30-13-29-22)11-21(18)31-24(19)17-8-5-15(28-2)9-20(17)25/h3-11,19,24H,12-13H2,1-2H3. The third-order valence-corrected chi connectivity index (χ3v) is 8.10. The molecule has 3 aliphatic heterocycles. The monoisotopic (exact) mass is 451 g/mol. The van der Waals surface area contributed by atoms with Gasteiger partial charge in [0, 0.05) is 35.7 Å². The van der Waals surface area contributed by atoms with Crippen LogP contribution in [0, 0.1) is 6.92 Å². The molecule has 0 aromatic heterocycles. The summed E-state index contributed by atoms with van der Waals surface area (Å²) < 4.78 is 51.7. The topological polar surface area (TPSA) is 74.3 Å². The van der Waals surface area contributed by atoms with Crippen molar-refractivity contribution in [2.75, 3.05) is 24.8 Å². The molecule has 8 heteroatoms. The summed E-state index contributed by atoms with van der Waals surface area (Å²) in [5.74, 6) is 2.40. The molecule has 0 N–H and O–H groups in total. The Balaban J connectivity index is 1.50. The van der Waals surface area contributed by atoms with Crippen LogP contribution in [0.4, 0.5) is 5.69 Å². The lowest BCUT2D eigenvalue weighted by atomic mass is 9.87. The molecule has 164 valence electrons. The smallest absolute Gasteiger partial charge is 0.264 e. The van der Waals surface area contributed by atoms with Crippen molar-refractivity contribution in [1.82, 2.24) is 0 Å². The zero-order valence-corrected chi connectivity index (χ0v) is 18.4. The first kappa shape index (κ1) is 19.3. The molecule has 0 radical (unpaired) electrons. The van der Waals surface area contributed by atoms with E-state index in [2.05, 4.69) is 0 Å². The molecule has 7 nitrogen and oxygen atoms in total. The molecule has 3 aliphatic rings. The largest absolute Gasteiger partial charge is 0.497 e. The molecular weight excluding hydrogens is 430 g/mol. The van der Waals surface area contributed by atoms with Gasteiger partial charge < -0.3 is 18.9 Å². The molecule has 6 rings (SSSR count). The number of fused-ring (bicyclic) bond motifs is 6. The average molecular weight is 452 g/mol. The minimum Gasteiger partial charge on any atom is -0.497 e. The van der Waals surface area contributed by atoms with Crippen molar-refractivity contribution in [3.63, 3.8) is 0 Å². The third-order valence-electron chi connectivity index (χ3n) is 6.31. The Morgan fingerprint density at radius 2 is 1.69 bits per heavy atom. The fraction of sp³-hybridized carbons (Fsp3) is 0.250. The van der Waals surface area contributed by atoms with E-state index in [4.69, 9.17) is 18.9 Å². The van der Waals surface area contributed by atoms with E-state index in [-0.39, 0.29) is 30.3 Å². The van der Waals surface area contributed by atoms with Crippen LogP contribution in [0.5, 0.6) is 23.0 Å². The summed E-state index contributed by atoms with van der Waals surface area (Å²) in [7, 11) is -2.24. The van der Waals surface area contributed by atoms with Crippen molar-refractivity contribution in [2.24, 2.45) is 0 Å². The van der Waals surface area contributed by atoms with Crippen molar-refractivity contribution in [2.45, 2.75) is 23.8 Å². The molecule has 0 bridgehead atoms. The maximum Gasteiger partial charge on any atom is 0.264 e. The van der Waals surface area contributed by atoms with Gasteiger partial charge in [-0.3, -0.25) is 4.31 Å². The van der Waals surface area contributed by atoms with Crippen LogP contribution >= 0.6 is 0 Å². The van der Waals surface area contributed by atoms with Gasteiger partial charge in [0.2, 0.25) is 6.79 Å². The maximum atomic E-state index is 13.7. The normalized spacial score (nSPS) is 20.2. The SMILES string of the molecule is COc1ccc2c(c1)N(S(=O)(=O)c1ccc(C)cc1)CC1c3cc4c(cc3OC21)OCO4. The summed E-state index contributed by atoms with van der Waals surface area (Å²) >= 11 is 0. The number of hydrogen-bond acceptors (Lipinski definition) is 6. The van der Waals surface area contributed by atoms with Crippen LogP contribution in [0.1, 0.15) is 28.7 Å². The van der Waals surface area contributed by atoms with Gasteiger partial charge in [-0.2, -0.15) is 0 Å². The second-order valence-electron chi connectivity index (χ2n) is 8.16. The van der Waals surface area contributed by atoms with Gasteiger partial charge in [0.05, 0.1) is 17.7 Å². The molecule has 0 saturated carbocycles. The molecular formula is C24H21NO6S. The Morgan fingerprint density at radius 1 is 0.938 bits per heavy atom. The van der Waals surface area contributed by atoms with Crippen LogP contribution in [0.25, 0.3) is 0 Å². The van der Waals surface area contributed by atoms with Gasteiger partial charge in [-0.25, -0.2) is 8.42 Å². The van der Waals surface area contributed by atoms with Crippen LogP contribution in [-0.2, 0) is 10.0 Å². The lowest BCUT2D eigenvalue weighted by Gasteiger charge is -2.36. The minimum atomic E-state index is -3.80. The number of nitrogens with zero attached hydrogens (tertiary/aromatic N) is 1. The number of hydrogen-bond donors (Lipinski definition) is 0. The van der Waals surface area contributed by atoms with E-state index in [9.17, 15) is 8.42 Å². The van der Waals surface area contributed by atoms with E-state index in [1.165, 1.54) is 4.31 Å². The summed E-state index contributed by atoms with van der Waals surface area (Å²) in [6.07, 6.45) is -0.307. The highest BCUT2D eigenvalue weighted by Crippen LogP contribution is 2.55. The summed E-state index contributed by atoms with van der Waals surface area (Å²) in [4.78, 5) is 0.250. The molecule has 0 spiro atoms. The van der Waals surface area contributed by atoms with Crippen LogP contribution in [0.15, 0.2) is 59.5 Å². The van der Waals surface area contributed by atoms with Crippen molar-refractivity contribution in [1.29, 1.82) is 0 Å². The van der Waals surface area contributed by atoms with Crippen molar-refractivity contribution < 1.29 is 27.4 Å². The fourth-order valence-electron chi connectivity index (χ4n) is 4.64. The predicted molar refractivity (Wildman–Crippen MR) is 117 cm³/mol. The number of anilines is 1. The van der Waals surface area contributed by atoms with Gasteiger partial charge in [0.25, 0.3) is 10.0 Å². The van der Waals surface area contributed by atoms with Gasteiger partial charge in [-0.15, -0.1) is 0 Å². The lowest BCUT2D eigenvalue weighted by Crippen LogP contribution is -2.40. The molecule has 0 amide bonds. The third kappa shape index (κ3) is 2.75. The molecule has 0 saturated heterocycles. The Bertz CT molecular complexity index is 1340. The summed E-state index contributed by atoms with van der Waals surface area (Å²) in [6, 6.07) is 16.1. The number of benzene rings is 3. The number of rotatable bonds is 3. The van der Waals surface area contributed by atoms with Gasteiger partial charge in [0.15, 0.2) is 11.5 Å². The fourth-order valence-corrected chi connectivity index (χ4v) is 6.14. The van der Waals surface area contributed by atoms with E-state index in [0.717, 1.165) is 16.7 Å². The van der Waals surface area contributed by atoms with Gasteiger partial charge in [-0.05, 0) is 37.3 Å². The van der Waals surface area contributed by atoms with Crippen LogP contribution < -0.4 is 23.3 Å². The van der Waals surface area contributed by atoms with Gasteiger partial charge in [0.1, 0.15) is 17.6 Å². The molecule has 32 heavy (non-hydrogen) atoms. The second-order valence-corrected chi connectivity index (χ2v) is 10.0. The first-order valence-electron chi connectivity index (χ1n) is 10.3. The second kappa shape index (κ2) is 6.80. The van der Waals surface area contributed by atoms with Crippen molar-refractivity contribution in [3.05, 3.63) is 71.3 Å². The highest BCUT2D eigenvalue weighted by atomic mass is 32.2. The molecule has 0 aliphatic carbocycles. The summed E-state index contributed by atoms with van der Waals surface area (Å²) in [5.41, 5.74) is 3.29. The quantitative estimate of drug-likeness (QED) is 0.595. The molecule has 0 fully saturated rings. The summed E-state index contributed by atoms with van der Waals surface area (Å²) in [5, 5.41) is 0. The molecule has 2 unspecified atom stereocenters. The van der Waals surface area contributed by atoms with Crippen LogP contribution in [0.3, 0.4) is 0 Å². The van der Waals surface area contributed by atoms with E-state index in [1.807, 2.05) is 31.2 Å². The van der Waals surface area contributed by atoms with Gasteiger partial charge in [-0.1, -0.05) is 17.7 Å². The first-order valence-corrected chi connectivity index (χ1v) is 11.8. The van der Waals surface area contributed by atoms with Gasteiger partial charge >= 0.3 is 0 Å². The highest BCUT2D eigenvalue weighted by Gasteiger charge is 2.46. The highest BCUT2D eigenvalue weighted by molar-refractivity contribution is 7.92. The lowest BCUT2D eigenvalue weighted by molar-refractivity contribution is 0.172. The molecule has 2 atom stereocenters. The molecule has 3 aromatic carbocycles. The Morgan fingerprint density at radius 3 is 2.44 bits per heavy atom. The maximum absolute atomic E-state index is 13.7. The summed E-state index contributed by atoms with van der Waals surface area (Å²) in [6.45, 7) is 2.34. The van der Waals surface area contributed by atoms with E-state index >= 15 is 0 Å².